The molecule has 0 unspecified atom stereocenters. The molecule has 2 heterocycles. The number of aromatic amines is 1. The lowest BCUT2D eigenvalue weighted by atomic mass is 9.82. The number of aliphatic carboxylic acids is 1. The van der Waals surface area contributed by atoms with Gasteiger partial charge in [0.1, 0.15) is 11.6 Å². The minimum Gasteiger partial charge on any atom is -0.497 e. The topological polar surface area (TPSA) is 113 Å². The molecular formula is C22H25N3O5S. The van der Waals surface area contributed by atoms with Crippen LogP contribution in [0.25, 0.3) is 11.0 Å². The van der Waals surface area contributed by atoms with Gasteiger partial charge in [0.2, 0.25) is 10.0 Å². The fourth-order valence-corrected chi connectivity index (χ4v) is 5.78. The Morgan fingerprint density at radius 3 is 2.71 bits per heavy atom. The van der Waals surface area contributed by atoms with Crippen molar-refractivity contribution >= 4 is 27.0 Å². The van der Waals surface area contributed by atoms with E-state index in [1.54, 1.807) is 37.4 Å². The van der Waals surface area contributed by atoms with E-state index in [0.717, 1.165) is 11.0 Å². The van der Waals surface area contributed by atoms with E-state index in [0.29, 0.717) is 31.0 Å². The molecule has 0 spiro atoms. The summed E-state index contributed by atoms with van der Waals surface area (Å²) in [5.74, 6) is 0.267. The molecule has 31 heavy (non-hydrogen) atoms. The summed E-state index contributed by atoms with van der Waals surface area (Å²) in [7, 11) is -2.04. The second kappa shape index (κ2) is 8.68. The Labute approximate surface area is 180 Å². The molecule has 0 bridgehead atoms. The Balaban J connectivity index is 1.59. The minimum atomic E-state index is -3.63. The van der Waals surface area contributed by atoms with Crippen LogP contribution in [0.1, 0.15) is 18.7 Å². The average molecular weight is 444 g/mol. The number of hydrogen-bond acceptors (Lipinski definition) is 5. The van der Waals surface area contributed by atoms with Crippen molar-refractivity contribution in [2.75, 3.05) is 20.2 Å². The average Bonchev–Trinajstić information content (AvgIpc) is 3.16. The maximum Gasteiger partial charge on any atom is 0.303 e. The number of nitrogens with zero attached hydrogens (tertiary/aromatic N) is 2. The number of fused-ring (bicyclic) bond motifs is 1. The van der Waals surface area contributed by atoms with Gasteiger partial charge in [0.25, 0.3) is 0 Å². The third-order valence-electron chi connectivity index (χ3n) is 5.87. The van der Waals surface area contributed by atoms with Crippen molar-refractivity contribution in [2.24, 2.45) is 11.8 Å². The van der Waals surface area contributed by atoms with Crippen LogP contribution in [0.15, 0.2) is 53.4 Å². The summed E-state index contributed by atoms with van der Waals surface area (Å²) in [6.07, 6.45) is 0.977. The van der Waals surface area contributed by atoms with Crippen LogP contribution in [-0.4, -0.2) is 54.0 Å². The predicted molar refractivity (Wildman–Crippen MR) is 115 cm³/mol. The molecule has 1 aliphatic rings. The van der Waals surface area contributed by atoms with E-state index in [-0.39, 0.29) is 29.7 Å². The van der Waals surface area contributed by atoms with Crippen LogP contribution in [0.2, 0.25) is 0 Å². The van der Waals surface area contributed by atoms with Crippen LogP contribution in [0.4, 0.5) is 0 Å². The van der Waals surface area contributed by atoms with Crippen molar-refractivity contribution in [3.05, 3.63) is 54.4 Å². The first-order valence-corrected chi connectivity index (χ1v) is 11.6. The molecule has 9 heteroatoms. The summed E-state index contributed by atoms with van der Waals surface area (Å²) in [5, 5.41) is 9.36. The Morgan fingerprint density at radius 1 is 1.23 bits per heavy atom. The second-order valence-electron chi connectivity index (χ2n) is 7.85. The van der Waals surface area contributed by atoms with Gasteiger partial charge in [-0.2, -0.15) is 4.31 Å². The van der Waals surface area contributed by atoms with Crippen molar-refractivity contribution in [2.45, 2.75) is 24.2 Å². The first-order valence-electron chi connectivity index (χ1n) is 10.2. The molecule has 2 N–H and O–H groups in total. The highest BCUT2D eigenvalue weighted by atomic mass is 32.2. The van der Waals surface area contributed by atoms with Crippen molar-refractivity contribution in [3.8, 4) is 5.75 Å². The number of hydrogen-bond donors (Lipinski definition) is 2. The number of carbonyl (C=O) groups is 1. The standard InChI is InChI=1S/C22H25N3O5S/c1-30-17-7-8-19-20(13-17)24-21(23-19)11-16-14-25(10-9-15(16)12-22(26)27)31(28,29)18-5-3-2-4-6-18/h2-8,13,15-16H,9-12,14H2,1H3,(H,23,24)(H,26,27)/t15-,16-/m0/s1. The van der Waals surface area contributed by atoms with Gasteiger partial charge in [-0.05, 0) is 42.5 Å². The van der Waals surface area contributed by atoms with Crippen LogP contribution >= 0.6 is 0 Å². The highest BCUT2D eigenvalue weighted by Gasteiger charge is 2.36. The molecular weight excluding hydrogens is 418 g/mol. The highest BCUT2D eigenvalue weighted by Crippen LogP contribution is 2.32. The molecule has 1 fully saturated rings. The molecule has 2 atom stereocenters. The van der Waals surface area contributed by atoms with Crippen LogP contribution in [0, 0.1) is 11.8 Å². The SMILES string of the molecule is COc1ccc2nc(C[C@H]3CN(S(=O)(=O)c4ccccc4)CC[C@H]3CC(=O)O)[nH]c2c1. The zero-order valence-electron chi connectivity index (χ0n) is 17.2. The molecule has 0 amide bonds. The van der Waals surface area contributed by atoms with Gasteiger partial charge in [-0.25, -0.2) is 13.4 Å². The summed E-state index contributed by atoms with van der Waals surface area (Å²) in [6, 6.07) is 13.9. The van der Waals surface area contributed by atoms with Gasteiger partial charge < -0.3 is 14.8 Å². The zero-order valence-corrected chi connectivity index (χ0v) is 18.0. The van der Waals surface area contributed by atoms with E-state index >= 15 is 0 Å². The smallest absolute Gasteiger partial charge is 0.303 e. The first kappa shape index (κ1) is 21.3. The van der Waals surface area contributed by atoms with Gasteiger partial charge in [-0.15, -0.1) is 0 Å². The van der Waals surface area contributed by atoms with E-state index in [9.17, 15) is 18.3 Å². The van der Waals surface area contributed by atoms with E-state index in [4.69, 9.17) is 4.74 Å². The van der Waals surface area contributed by atoms with Gasteiger partial charge in [0, 0.05) is 32.0 Å². The summed E-state index contributed by atoms with van der Waals surface area (Å²) < 4.78 is 32.9. The molecule has 164 valence electrons. The number of methoxy groups -OCH3 is 1. The van der Waals surface area contributed by atoms with Gasteiger partial charge in [-0.1, -0.05) is 18.2 Å². The number of carboxylic acids is 1. The molecule has 0 aliphatic carbocycles. The van der Waals surface area contributed by atoms with E-state index in [1.807, 2.05) is 18.2 Å². The van der Waals surface area contributed by atoms with Crippen molar-refractivity contribution in [1.82, 2.24) is 14.3 Å². The molecule has 1 saturated heterocycles. The van der Waals surface area contributed by atoms with Crippen LogP contribution in [-0.2, 0) is 21.2 Å². The quantitative estimate of drug-likeness (QED) is 0.581. The zero-order chi connectivity index (χ0) is 22.0. The van der Waals surface area contributed by atoms with E-state index in [2.05, 4.69) is 9.97 Å². The van der Waals surface area contributed by atoms with Crippen molar-refractivity contribution < 1.29 is 23.1 Å². The summed E-state index contributed by atoms with van der Waals surface area (Å²) in [6.45, 7) is 0.568. The number of rotatable bonds is 7. The lowest BCUT2D eigenvalue weighted by Crippen LogP contribution is -2.45. The van der Waals surface area contributed by atoms with Gasteiger partial charge in [-0.3, -0.25) is 4.79 Å². The molecule has 3 aromatic rings. The molecule has 1 aliphatic heterocycles. The number of sulfonamides is 1. The van der Waals surface area contributed by atoms with Crippen LogP contribution in [0.5, 0.6) is 5.75 Å². The number of benzene rings is 2. The number of imidazole rings is 1. The third kappa shape index (κ3) is 4.57. The number of piperidine rings is 1. The van der Waals surface area contributed by atoms with Gasteiger partial charge in [0.15, 0.2) is 0 Å². The van der Waals surface area contributed by atoms with Crippen molar-refractivity contribution in [3.63, 3.8) is 0 Å². The number of nitrogens with one attached hydrogen (secondary N) is 1. The lowest BCUT2D eigenvalue weighted by Gasteiger charge is -2.37. The van der Waals surface area contributed by atoms with E-state index in [1.165, 1.54) is 4.31 Å². The molecule has 0 saturated carbocycles. The maximum atomic E-state index is 13.1. The minimum absolute atomic E-state index is 0.0118. The monoisotopic (exact) mass is 443 g/mol. The number of H-pyrrole nitrogens is 1. The third-order valence-corrected chi connectivity index (χ3v) is 7.74. The summed E-state index contributed by atoms with van der Waals surface area (Å²) >= 11 is 0. The number of ether oxygens (including phenoxy) is 1. The largest absolute Gasteiger partial charge is 0.497 e. The normalized spacial score (nSPS) is 20.0. The van der Waals surface area contributed by atoms with Crippen molar-refractivity contribution in [1.29, 1.82) is 0 Å². The Morgan fingerprint density at radius 2 is 2.00 bits per heavy atom. The molecule has 8 nitrogen and oxygen atoms in total. The molecule has 2 aromatic carbocycles. The van der Waals surface area contributed by atoms with E-state index < -0.39 is 16.0 Å². The Hall–Kier alpha value is -2.91. The maximum absolute atomic E-state index is 13.1. The predicted octanol–water partition coefficient (Wildman–Crippen LogP) is 2.92. The lowest BCUT2D eigenvalue weighted by molar-refractivity contribution is -0.138. The van der Waals surface area contributed by atoms with Gasteiger partial charge >= 0.3 is 5.97 Å². The number of carboxylic acid groups (broad SMARTS) is 1. The summed E-state index contributed by atoms with van der Waals surface area (Å²) in [4.78, 5) is 19.5. The Bertz CT molecular complexity index is 1180. The fraction of sp³-hybridized carbons (Fsp3) is 0.364. The van der Waals surface area contributed by atoms with Gasteiger partial charge in [0.05, 0.1) is 23.0 Å². The highest BCUT2D eigenvalue weighted by molar-refractivity contribution is 7.89. The summed E-state index contributed by atoms with van der Waals surface area (Å²) in [5.41, 5.74) is 1.61. The molecule has 4 rings (SSSR count). The Kier molecular flexibility index (Phi) is 5.97. The second-order valence-corrected chi connectivity index (χ2v) is 9.79. The first-order chi connectivity index (χ1) is 14.9. The number of aromatic nitrogens is 2. The van der Waals surface area contributed by atoms with Crippen LogP contribution in [0.3, 0.4) is 0 Å². The van der Waals surface area contributed by atoms with Crippen LogP contribution < -0.4 is 4.74 Å². The fourth-order valence-electron chi connectivity index (χ4n) is 4.25. The molecule has 0 radical (unpaired) electrons. The molecule has 1 aromatic heterocycles.